The highest BCUT2D eigenvalue weighted by Crippen LogP contribution is 2.14. The summed E-state index contributed by atoms with van der Waals surface area (Å²) < 4.78 is 11.0. The van der Waals surface area contributed by atoms with E-state index in [4.69, 9.17) is 15.2 Å². The standard InChI is InChI=1S/C13H26N2O3/c1-13(15-2,12(14)16)7-3-4-8-17-10-11-6-5-9-18-11/h11,15H,3-10H2,1-2H3,(H2,14,16). The van der Waals surface area contributed by atoms with Crippen LogP contribution in [0.1, 0.15) is 39.0 Å². The molecule has 0 aliphatic carbocycles. The molecule has 5 heteroatoms. The lowest BCUT2D eigenvalue weighted by Gasteiger charge is -2.25. The molecule has 0 saturated carbocycles. The fourth-order valence-electron chi connectivity index (χ4n) is 2.04. The molecule has 1 fully saturated rings. The van der Waals surface area contributed by atoms with Crippen molar-refractivity contribution in [1.82, 2.24) is 5.32 Å². The number of nitrogens with one attached hydrogen (secondary N) is 1. The molecular weight excluding hydrogens is 232 g/mol. The number of ether oxygens (including phenoxy) is 2. The van der Waals surface area contributed by atoms with Crippen molar-refractivity contribution in [1.29, 1.82) is 0 Å². The SMILES string of the molecule is CNC(C)(CCCCOCC1CCCO1)C(N)=O. The molecule has 106 valence electrons. The summed E-state index contributed by atoms with van der Waals surface area (Å²) in [7, 11) is 1.76. The van der Waals surface area contributed by atoms with Gasteiger partial charge in [-0.25, -0.2) is 0 Å². The van der Waals surface area contributed by atoms with Crippen LogP contribution in [0.25, 0.3) is 0 Å². The first-order valence-electron chi connectivity index (χ1n) is 6.76. The van der Waals surface area contributed by atoms with E-state index in [1.54, 1.807) is 7.05 Å². The summed E-state index contributed by atoms with van der Waals surface area (Å²) >= 11 is 0. The number of rotatable bonds is 9. The van der Waals surface area contributed by atoms with Gasteiger partial charge >= 0.3 is 0 Å². The van der Waals surface area contributed by atoms with Gasteiger partial charge in [-0.3, -0.25) is 4.79 Å². The lowest BCUT2D eigenvalue weighted by Crippen LogP contribution is -2.51. The zero-order valence-electron chi connectivity index (χ0n) is 11.5. The van der Waals surface area contributed by atoms with E-state index in [0.29, 0.717) is 6.61 Å². The zero-order valence-corrected chi connectivity index (χ0v) is 11.5. The Bertz CT molecular complexity index is 255. The molecule has 2 unspecified atom stereocenters. The van der Waals surface area contributed by atoms with Gasteiger partial charge in [0.1, 0.15) is 0 Å². The van der Waals surface area contributed by atoms with Crippen LogP contribution in [0.15, 0.2) is 0 Å². The van der Waals surface area contributed by atoms with Gasteiger partial charge in [-0.05, 0) is 46.1 Å². The Hall–Kier alpha value is -0.650. The van der Waals surface area contributed by atoms with Gasteiger partial charge in [0.05, 0.1) is 18.2 Å². The maximum Gasteiger partial charge on any atom is 0.237 e. The van der Waals surface area contributed by atoms with E-state index in [-0.39, 0.29) is 12.0 Å². The van der Waals surface area contributed by atoms with Crippen LogP contribution in [0.5, 0.6) is 0 Å². The summed E-state index contributed by atoms with van der Waals surface area (Å²) in [5.74, 6) is -0.301. The van der Waals surface area contributed by atoms with Gasteiger partial charge in [-0.1, -0.05) is 0 Å². The Kier molecular flexibility index (Phi) is 6.60. The highest BCUT2D eigenvalue weighted by Gasteiger charge is 2.27. The van der Waals surface area contributed by atoms with E-state index in [2.05, 4.69) is 5.32 Å². The molecule has 0 aromatic heterocycles. The zero-order chi connectivity index (χ0) is 13.4. The molecule has 1 aliphatic rings. The maximum atomic E-state index is 11.3. The first-order chi connectivity index (χ1) is 8.58. The van der Waals surface area contributed by atoms with Crippen molar-refractivity contribution in [3.63, 3.8) is 0 Å². The average molecular weight is 258 g/mol. The first kappa shape index (κ1) is 15.4. The van der Waals surface area contributed by atoms with E-state index in [1.807, 2.05) is 6.92 Å². The minimum absolute atomic E-state index is 0.290. The van der Waals surface area contributed by atoms with Crippen LogP contribution in [0, 0.1) is 0 Å². The average Bonchev–Trinajstić information content (AvgIpc) is 2.86. The molecular formula is C13H26N2O3. The fourth-order valence-corrected chi connectivity index (χ4v) is 2.04. The second-order valence-corrected chi connectivity index (χ2v) is 5.11. The van der Waals surface area contributed by atoms with Crippen molar-refractivity contribution in [3.05, 3.63) is 0 Å². The highest BCUT2D eigenvalue weighted by molar-refractivity contribution is 5.84. The van der Waals surface area contributed by atoms with Crippen LogP contribution in [0.4, 0.5) is 0 Å². The molecule has 0 radical (unpaired) electrons. The van der Waals surface area contributed by atoms with Gasteiger partial charge in [0.25, 0.3) is 0 Å². The Labute approximate surface area is 109 Å². The predicted molar refractivity (Wildman–Crippen MR) is 70.3 cm³/mol. The Morgan fingerprint density at radius 1 is 1.56 bits per heavy atom. The van der Waals surface area contributed by atoms with E-state index in [0.717, 1.165) is 45.3 Å². The molecule has 1 heterocycles. The summed E-state index contributed by atoms with van der Waals surface area (Å²) in [5.41, 5.74) is 4.75. The molecule has 18 heavy (non-hydrogen) atoms. The van der Waals surface area contributed by atoms with Crippen molar-refractivity contribution in [2.75, 3.05) is 26.9 Å². The Balaban J connectivity index is 2.02. The van der Waals surface area contributed by atoms with E-state index in [1.165, 1.54) is 0 Å². The van der Waals surface area contributed by atoms with E-state index >= 15 is 0 Å². The summed E-state index contributed by atoms with van der Waals surface area (Å²) in [5, 5.41) is 2.98. The third-order valence-corrected chi connectivity index (χ3v) is 3.64. The van der Waals surface area contributed by atoms with Gasteiger partial charge in [0, 0.05) is 13.2 Å². The van der Waals surface area contributed by atoms with Crippen molar-refractivity contribution >= 4 is 5.91 Å². The van der Waals surface area contributed by atoms with E-state index < -0.39 is 5.54 Å². The minimum Gasteiger partial charge on any atom is -0.379 e. The van der Waals surface area contributed by atoms with E-state index in [9.17, 15) is 4.79 Å². The van der Waals surface area contributed by atoms with Crippen molar-refractivity contribution in [2.24, 2.45) is 5.73 Å². The monoisotopic (exact) mass is 258 g/mol. The van der Waals surface area contributed by atoms with Crippen LogP contribution < -0.4 is 11.1 Å². The number of carbonyl (C=O) groups is 1. The van der Waals surface area contributed by atoms with Gasteiger partial charge < -0.3 is 20.5 Å². The van der Waals surface area contributed by atoms with Crippen molar-refractivity contribution in [2.45, 2.75) is 50.7 Å². The van der Waals surface area contributed by atoms with Crippen LogP contribution in [-0.2, 0) is 14.3 Å². The summed E-state index contributed by atoms with van der Waals surface area (Å²) in [4.78, 5) is 11.3. The normalized spacial score (nSPS) is 22.9. The third kappa shape index (κ3) is 4.92. The third-order valence-electron chi connectivity index (χ3n) is 3.64. The fraction of sp³-hybridized carbons (Fsp3) is 0.923. The highest BCUT2D eigenvalue weighted by atomic mass is 16.5. The maximum absolute atomic E-state index is 11.3. The first-order valence-corrected chi connectivity index (χ1v) is 6.76. The quantitative estimate of drug-likeness (QED) is 0.600. The predicted octanol–water partition coefficient (Wildman–Crippen LogP) is 0.816. The van der Waals surface area contributed by atoms with Crippen molar-refractivity contribution in [3.8, 4) is 0 Å². The largest absolute Gasteiger partial charge is 0.379 e. The van der Waals surface area contributed by atoms with Crippen LogP contribution in [-0.4, -0.2) is 44.4 Å². The van der Waals surface area contributed by atoms with Gasteiger partial charge in [-0.2, -0.15) is 0 Å². The van der Waals surface area contributed by atoms with Gasteiger partial charge in [0.2, 0.25) is 5.91 Å². The molecule has 0 spiro atoms. The molecule has 1 aliphatic heterocycles. The molecule has 2 atom stereocenters. The summed E-state index contributed by atoms with van der Waals surface area (Å²) in [6.07, 6.45) is 5.15. The number of hydrogen-bond donors (Lipinski definition) is 2. The number of carbonyl (C=O) groups excluding carboxylic acids is 1. The molecule has 1 saturated heterocycles. The summed E-state index contributed by atoms with van der Waals surface area (Å²) in [6.45, 7) is 4.12. The lowest BCUT2D eigenvalue weighted by molar-refractivity contribution is -0.123. The minimum atomic E-state index is -0.603. The number of amides is 1. The topological polar surface area (TPSA) is 73.6 Å². The molecule has 0 aromatic rings. The lowest BCUT2D eigenvalue weighted by atomic mass is 9.94. The van der Waals surface area contributed by atoms with Crippen molar-refractivity contribution < 1.29 is 14.3 Å². The Morgan fingerprint density at radius 2 is 2.33 bits per heavy atom. The molecule has 0 bridgehead atoms. The van der Waals surface area contributed by atoms with Gasteiger partial charge in [-0.15, -0.1) is 0 Å². The smallest absolute Gasteiger partial charge is 0.237 e. The van der Waals surface area contributed by atoms with Gasteiger partial charge in [0.15, 0.2) is 0 Å². The number of primary amides is 1. The number of likely N-dealkylation sites (N-methyl/N-ethyl adjacent to an activating group) is 1. The second-order valence-electron chi connectivity index (χ2n) is 5.11. The van der Waals surface area contributed by atoms with Crippen LogP contribution >= 0.6 is 0 Å². The molecule has 1 rings (SSSR count). The molecule has 0 aromatic carbocycles. The van der Waals surface area contributed by atoms with Crippen LogP contribution in [0.2, 0.25) is 0 Å². The number of nitrogens with two attached hydrogens (primary N) is 1. The number of unbranched alkanes of at least 4 members (excludes halogenated alkanes) is 1. The summed E-state index contributed by atoms with van der Waals surface area (Å²) in [6, 6.07) is 0. The molecule has 1 amide bonds. The second kappa shape index (κ2) is 7.71. The molecule has 3 N–H and O–H groups in total. The molecule has 5 nitrogen and oxygen atoms in total. The number of hydrogen-bond acceptors (Lipinski definition) is 4. The van der Waals surface area contributed by atoms with Crippen LogP contribution in [0.3, 0.4) is 0 Å². The Morgan fingerprint density at radius 3 is 2.89 bits per heavy atom.